The minimum absolute atomic E-state index is 0.0864. The van der Waals surface area contributed by atoms with Gasteiger partial charge in [-0.15, -0.1) is 0 Å². The van der Waals surface area contributed by atoms with E-state index in [2.05, 4.69) is 5.32 Å². The number of amides is 1. The van der Waals surface area contributed by atoms with Crippen molar-refractivity contribution < 1.29 is 23.4 Å². The van der Waals surface area contributed by atoms with Gasteiger partial charge in [0.25, 0.3) is 5.91 Å². The van der Waals surface area contributed by atoms with E-state index in [1.807, 2.05) is 30.3 Å². The summed E-state index contributed by atoms with van der Waals surface area (Å²) in [5.74, 6) is -0.566. The first kappa shape index (κ1) is 18.7. The third-order valence-electron chi connectivity index (χ3n) is 5.38. The monoisotopic (exact) mass is 383 g/mol. The van der Waals surface area contributed by atoms with Crippen molar-refractivity contribution in [2.75, 3.05) is 13.2 Å². The van der Waals surface area contributed by atoms with Gasteiger partial charge in [-0.3, -0.25) is 4.79 Å². The Morgan fingerprint density at radius 2 is 2.07 bits per heavy atom. The van der Waals surface area contributed by atoms with Gasteiger partial charge in [-0.05, 0) is 37.1 Å². The van der Waals surface area contributed by atoms with E-state index in [1.165, 1.54) is 19.1 Å². The molecule has 0 aliphatic carbocycles. The Morgan fingerprint density at radius 1 is 1.29 bits per heavy atom. The van der Waals surface area contributed by atoms with Gasteiger partial charge in [0.2, 0.25) is 0 Å². The van der Waals surface area contributed by atoms with Crippen molar-refractivity contribution >= 4 is 16.9 Å². The van der Waals surface area contributed by atoms with Gasteiger partial charge in [-0.25, -0.2) is 4.39 Å². The lowest BCUT2D eigenvalue weighted by molar-refractivity contribution is -0.143. The number of hydrogen-bond acceptors (Lipinski definition) is 4. The highest BCUT2D eigenvalue weighted by Crippen LogP contribution is 2.35. The number of furan rings is 1. The molecule has 1 fully saturated rings. The number of rotatable bonds is 5. The van der Waals surface area contributed by atoms with Crippen LogP contribution in [0.2, 0.25) is 0 Å². The normalized spacial score (nSPS) is 18.9. The highest BCUT2D eigenvalue weighted by atomic mass is 19.1. The summed E-state index contributed by atoms with van der Waals surface area (Å²) in [6.45, 7) is 2.50. The van der Waals surface area contributed by atoms with Crippen LogP contribution in [0.3, 0.4) is 0 Å². The molecule has 0 bridgehead atoms. The van der Waals surface area contributed by atoms with E-state index in [9.17, 15) is 14.3 Å². The topological polar surface area (TPSA) is 71.7 Å². The number of carbonyl (C=O) groups is 1. The van der Waals surface area contributed by atoms with Crippen LogP contribution in [0.15, 0.2) is 52.9 Å². The molecular weight excluding hydrogens is 361 g/mol. The molecule has 1 aliphatic rings. The second-order valence-corrected chi connectivity index (χ2v) is 7.30. The molecule has 2 heterocycles. The van der Waals surface area contributed by atoms with E-state index < -0.39 is 11.5 Å². The first-order chi connectivity index (χ1) is 13.5. The number of hydrogen-bond donors (Lipinski definition) is 2. The van der Waals surface area contributed by atoms with Gasteiger partial charge in [0.05, 0.1) is 13.2 Å². The van der Waals surface area contributed by atoms with Crippen LogP contribution < -0.4 is 5.32 Å². The molecule has 6 heteroatoms. The Morgan fingerprint density at radius 3 is 2.79 bits per heavy atom. The van der Waals surface area contributed by atoms with Crippen molar-refractivity contribution in [2.24, 2.45) is 5.92 Å². The fourth-order valence-corrected chi connectivity index (χ4v) is 3.67. The summed E-state index contributed by atoms with van der Waals surface area (Å²) in [6.07, 6.45) is 0.638. The predicted molar refractivity (Wildman–Crippen MR) is 103 cm³/mol. The first-order valence-electron chi connectivity index (χ1n) is 9.31. The van der Waals surface area contributed by atoms with Gasteiger partial charge in [0.15, 0.2) is 0 Å². The molecular formula is C22H22FNO4. The molecule has 2 unspecified atom stereocenters. The van der Waals surface area contributed by atoms with E-state index in [0.29, 0.717) is 36.4 Å². The molecule has 0 spiro atoms. The van der Waals surface area contributed by atoms with E-state index >= 15 is 0 Å². The summed E-state index contributed by atoms with van der Waals surface area (Å²) in [6, 6.07) is 13.8. The molecule has 0 radical (unpaired) electrons. The van der Waals surface area contributed by atoms with Gasteiger partial charge in [0.1, 0.15) is 22.8 Å². The van der Waals surface area contributed by atoms with Crippen LogP contribution in [0.4, 0.5) is 4.39 Å². The largest absolute Gasteiger partial charge is 0.459 e. The van der Waals surface area contributed by atoms with Gasteiger partial charge >= 0.3 is 0 Å². The number of halogens is 1. The maximum absolute atomic E-state index is 13.8. The lowest BCUT2D eigenvalue weighted by Crippen LogP contribution is -2.49. The maximum atomic E-state index is 13.8. The molecule has 2 N–H and O–H groups in total. The minimum Gasteiger partial charge on any atom is -0.459 e. The highest BCUT2D eigenvalue weighted by molar-refractivity contribution is 5.96. The van der Waals surface area contributed by atoms with Crippen molar-refractivity contribution in [3.05, 3.63) is 60.1 Å². The molecule has 3 aromatic rings. The number of carbonyl (C=O) groups excluding carboxylic acids is 1. The zero-order valence-electron chi connectivity index (χ0n) is 15.6. The van der Waals surface area contributed by atoms with Crippen molar-refractivity contribution in [1.29, 1.82) is 0 Å². The molecule has 1 aliphatic heterocycles. The van der Waals surface area contributed by atoms with E-state index in [-0.39, 0.29) is 18.3 Å². The lowest BCUT2D eigenvalue weighted by atomic mass is 9.87. The standard InChI is InChI=1S/C22H22FNO4/c1-22(26,15-9-10-27-13-15)21(25)24-12-19-20(14-5-3-2-4-6-14)17-11-16(23)7-8-18(17)28-19/h2-8,11,15,26H,9-10,12-13H2,1H3,(H,24,25). The number of nitrogens with one attached hydrogen (secondary N) is 1. The summed E-state index contributed by atoms with van der Waals surface area (Å²) in [7, 11) is 0. The average Bonchev–Trinajstić information content (AvgIpc) is 3.34. The molecule has 5 nitrogen and oxygen atoms in total. The molecule has 2 atom stereocenters. The second kappa shape index (κ2) is 7.37. The Hall–Kier alpha value is -2.70. The lowest BCUT2D eigenvalue weighted by Gasteiger charge is -2.27. The fraction of sp³-hybridized carbons (Fsp3) is 0.318. The molecule has 2 aromatic carbocycles. The first-order valence-corrected chi connectivity index (χ1v) is 9.31. The summed E-state index contributed by atoms with van der Waals surface area (Å²) < 4.78 is 25.0. The van der Waals surface area contributed by atoms with Crippen molar-refractivity contribution in [1.82, 2.24) is 5.32 Å². The van der Waals surface area contributed by atoms with Crippen molar-refractivity contribution in [2.45, 2.75) is 25.5 Å². The molecule has 0 saturated carbocycles. The Kier molecular flexibility index (Phi) is 4.91. The van der Waals surface area contributed by atoms with E-state index in [1.54, 1.807) is 6.07 Å². The summed E-state index contributed by atoms with van der Waals surface area (Å²) in [5.41, 5.74) is 0.619. The highest BCUT2D eigenvalue weighted by Gasteiger charge is 2.41. The van der Waals surface area contributed by atoms with Crippen LogP contribution in [0.25, 0.3) is 22.1 Å². The van der Waals surface area contributed by atoms with Crippen LogP contribution in [-0.4, -0.2) is 29.8 Å². The van der Waals surface area contributed by atoms with Crippen LogP contribution in [0, 0.1) is 11.7 Å². The summed E-state index contributed by atoms with van der Waals surface area (Å²) >= 11 is 0. The Balaban J connectivity index is 1.64. The number of benzene rings is 2. The van der Waals surface area contributed by atoms with Crippen LogP contribution >= 0.6 is 0 Å². The third-order valence-corrected chi connectivity index (χ3v) is 5.38. The zero-order valence-corrected chi connectivity index (χ0v) is 15.6. The smallest absolute Gasteiger partial charge is 0.252 e. The van der Waals surface area contributed by atoms with E-state index in [0.717, 1.165) is 11.1 Å². The Bertz CT molecular complexity index is 990. The predicted octanol–water partition coefficient (Wildman–Crippen LogP) is 3.64. The van der Waals surface area contributed by atoms with E-state index in [4.69, 9.17) is 9.15 Å². The van der Waals surface area contributed by atoms with Crippen molar-refractivity contribution in [3.8, 4) is 11.1 Å². The SMILES string of the molecule is CC(O)(C(=O)NCc1oc2ccc(F)cc2c1-c1ccccc1)C1CCOC1. The van der Waals surface area contributed by atoms with Gasteiger partial charge in [-0.1, -0.05) is 30.3 Å². The molecule has 1 amide bonds. The number of aliphatic hydroxyl groups is 1. The minimum atomic E-state index is -1.53. The molecule has 4 rings (SSSR count). The fourth-order valence-electron chi connectivity index (χ4n) is 3.67. The van der Waals surface area contributed by atoms with Crippen LogP contribution in [0.1, 0.15) is 19.1 Å². The zero-order chi connectivity index (χ0) is 19.7. The summed E-state index contributed by atoms with van der Waals surface area (Å²) in [4.78, 5) is 12.6. The number of ether oxygens (including phenoxy) is 1. The Labute approximate surface area is 162 Å². The van der Waals surface area contributed by atoms with Gasteiger partial charge in [-0.2, -0.15) is 0 Å². The van der Waals surface area contributed by atoms with Gasteiger partial charge < -0.3 is 19.6 Å². The molecule has 1 aromatic heterocycles. The average molecular weight is 383 g/mol. The van der Waals surface area contributed by atoms with Crippen molar-refractivity contribution in [3.63, 3.8) is 0 Å². The molecule has 28 heavy (non-hydrogen) atoms. The quantitative estimate of drug-likeness (QED) is 0.706. The second-order valence-electron chi connectivity index (χ2n) is 7.30. The summed E-state index contributed by atoms with van der Waals surface area (Å²) in [5, 5.41) is 14.1. The van der Waals surface area contributed by atoms with Crippen LogP contribution in [0.5, 0.6) is 0 Å². The molecule has 146 valence electrons. The third kappa shape index (κ3) is 3.41. The maximum Gasteiger partial charge on any atom is 0.252 e. The van der Waals surface area contributed by atoms with Crippen LogP contribution in [-0.2, 0) is 16.1 Å². The molecule has 1 saturated heterocycles. The van der Waals surface area contributed by atoms with Gasteiger partial charge in [0, 0.05) is 23.5 Å². The number of fused-ring (bicyclic) bond motifs is 1.